The van der Waals surface area contributed by atoms with Crippen LogP contribution in [0.3, 0.4) is 0 Å². The Morgan fingerprint density at radius 3 is 2.60 bits per heavy atom. The average molecular weight is 285 g/mol. The van der Waals surface area contributed by atoms with Crippen LogP contribution in [-0.2, 0) is 15.9 Å². The topological polar surface area (TPSA) is 53.7 Å². The predicted octanol–water partition coefficient (Wildman–Crippen LogP) is 2.15. The summed E-state index contributed by atoms with van der Waals surface area (Å²) >= 11 is 0. The smallest absolute Gasteiger partial charge is 0.127 e. The van der Waals surface area contributed by atoms with Gasteiger partial charge in [0.25, 0.3) is 0 Å². The molecule has 1 unspecified atom stereocenters. The largest absolute Gasteiger partial charge is 0.491 e. The van der Waals surface area contributed by atoms with Crippen LogP contribution in [0.2, 0.25) is 0 Å². The zero-order valence-corrected chi connectivity index (χ0v) is 12.2. The molecule has 0 saturated heterocycles. The summed E-state index contributed by atoms with van der Waals surface area (Å²) in [5.74, 6) is 0.208. The molecule has 0 fully saturated rings. The number of hydrogen-bond acceptors (Lipinski definition) is 4. The molecular weight excluding hydrogens is 261 g/mol. The molecule has 0 heterocycles. The molecule has 4 nitrogen and oxygen atoms in total. The van der Waals surface area contributed by atoms with Crippen molar-refractivity contribution in [3.05, 3.63) is 29.6 Å². The fourth-order valence-corrected chi connectivity index (χ4v) is 1.73. The molecule has 114 valence electrons. The van der Waals surface area contributed by atoms with Crippen LogP contribution in [0.25, 0.3) is 0 Å². The first kappa shape index (κ1) is 16.9. The summed E-state index contributed by atoms with van der Waals surface area (Å²) in [5, 5.41) is 0. The van der Waals surface area contributed by atoms with E-state index in [4.69, 9.17) is 19.9 Å². The molecule has 0 bridgehead atoms. The third kappa shape index (κ3) is 6.84. The van der Waals surface area contributed by atoms with Crippen LogP contribution < -0.4 is 10.5 Å². The minimum atomic E-state index is -0.305. The lowest BCUT2D eigenvalue weighted by molar-refractivity contribution is 0.0543. The second-order valence-corrected chi connectivity index (χ2v) is 4.62. The van der Waals surface area contributed by atoms with Gasteiger partial charge in [0.1, 0.15) is 18.2 Å². The molecule has 0 amide bonds. The van der Waals surface area contributed by atoms with Crippen molar-refractivity contribution in [3.63, 3.8) is 0 Å². The van der Waals surface area contributed by atoms with Gasteiger partial charge in [0.2, 0.25) is 0 Å². The number of benzene rings is 1. The van der Waals surface area contributed by atoms with Gasteiger partial charge >= 0.3 is 0 Å². The average Bonchev–Trinajstić information content (AvgIpc) is 2.42. The summed E-state index contributed by atoms with van der Waals surface area (Å²) in [7, 11) is 1.62. The van der Waals surface area contributed by atoms with E-state index < -0.39 is 0 Å². The van der Waals surface area contributed by atoms with Gasteiger partial charge in [-0.25, -0.2) is 4.39 Å². The molecule has 0 aliphatic heterocycles. The summed E-state index contributed by atoms with van der Waals surface area (Å²) in [4.78, 5) is 0. The van der Waals surface area contributed by atoms with Gasteiger partial charge < -0.3 is 19.9 Å². The van der Waals surface area contributed by atoms with Crippen LogP contribution in [0.15, 0.2) is 18.2 Å². The molecule has 0 saturated carbocycles. The Kier molecular flexibility index (Phi) is 8.18. The molecule has 0 aliphatic rings. The molecule has 0 aliphatic carbocycles. The van der Waals surface area contributed by atoms with Crippen LogP contribution in [0.4, 0.5) is 4.39 Å². The fourth-order valence-electron chi connectivity index (χ4n) is 1.73. The van der Waals surface area contributed by atoms with Crippen molar-refractivity contribution >= 4 is 0 Å². The van der Waals surface area contributed by atoms with Crippen LogP contribution in [0.5, 0.6) is 5.75 Å². The molecule has 1 aromatic rings. The SMILES string of the molecule is CCC(N)Cc1cc(F)cc(OCCOCCOC)c1. The van der Waals surface area contributed by atoms with Gasteiger partial charge in [0.05, 0.1) is 19.8 Å². The normalized spacial score (nSPS) is 12.4. The summed E-state index contributed by atoms with van der Waals surface area (Å²) in [6.45, 7) is 3.92. The van der Waals surface area contributed by atoms with Crippen molar-refractivity contribution in [2.75, 3.05) is 33.5 Å². The van der Waals surface area contributed by atoms with Gasteiger partial charge in [0, 0.05) is 19.2 Å². The zero-order valence-electron chi connectivity index (χ0n) is 12.2. The van der Waals surface area contributed by atoms with E-state index in [-0.39, 0.29) is 11.9 Å². The lowest BCUT2D eigenvalue weighted by atomic mass is 10.0. The molecule has 20 heavy (non-hydrogen) atoms. The van der Waals surface area contributed by atoms with Crippen LogP contribution in [0, 0.1) is 5.82 Å². The van der Waals surface area contributed by atoms with Gasteiger partial charge in [-0.3, -0.25) is 0 Å². The van der Waals surface area contributed by atoms with Crippen molar-refractivity contribution < 1.29 is 18.6 Å². The second-order valence-electron chi connectivity index (χ2n) is 4.62. The van der Waals surface area contributed by atoms with Crippen molar-refractivity contribution in [3.8, 4) is 5.75 Å². The van der Waals surface area contributed by atoms with E-state index in [1.54, 1.807) is 7.11 Å². The number of nitrogens with two attached hydrogens (primary N) is 1. The maximum Gasteiger partial charge on any atom is 0.127 e. The van der Waals surface area contributed by atoms with Gasteiger partial charge in [0.15, 0.2) is 0 Å². The van der Waals surface area contributed by atoms with Gasteiger partial charge in [-0.2, -0.15) is 0 Å². The van der Waals surface area contributed by atoms with E-state index in [9.17, 15) is 4.39 Å². The second kappa shape index (κ2) is 9.69. The van der Waals surface area contributed by atoms with E-state index in [1.807, 2.05) is 13.0 Å². The summed E-state index contributed by atoms with van der Waals surface area (Å²) in [5.41, 5.74) is 6.73. The Bertz CT molecular complexity index is 387. The highest BCUT2D eigenvalue weighted by Gasteiger charge is 2.06. The summed E-state index contributed by atoms with van der Waals surface area (Å²) in [6, 6.07) is 4.74. The Morgan fingerprint density at radius 1 is 1.15 bits per heavy atom. The highest BCUT2D eigenvalue weighted by molar-refractivity contribution is 5.30. The van der Waals surface area contributed by atoms with Crippen LogP contribution in [0.1, 0.15) is 18.9 Å². The molecule has 1 rings (SSSR count). The maximum atomic E-state index is 13.5. The minimum Gasteiger partial charge on any atom is -0.491 e. The number of ether oxygens (including phenoxy) is 3. The van der Waals surface area contributed by atoms with Crippen LogP contribution in [-0.4, -0.2) is 39.6 Å². The first-order valence-corrected chi connectivity index (χ1v) is 6.90. The molecule has 2 N–H and O–H groups in total. The molecule has 0 radical (unpaired) electrons. The molecule has 0 spiro atoms. The van der Waals surface area contributed by atoms with E-state index in [0.717, 1.165) is 12.0 Å². The number of methoxy groups -OCH3 is 1. The predicted molar refractivity (Wildman–Crippen MR) is 76.6 cm³/mol. The van der Waals surface area contributed by atoms with Crippen molar-refractivity contribution in [2.45, 2.75) is 25.8 Å². The quantitative estimate of drug-likeness (QED) is 0.669. The third-order valence-electron chi connectivity index (χ3n) is 2.88. The van der Waals surface area contributed by atoms with Crippen molar-refractivity contribution in [1.82, 2.24) is 0 Å². The number of hydrogen-bond donors (Lipinski definition) is 1. The minimum absolute atomic E-state index is 0.0435. The van der Waals surface area contributed by atoms with E-state index >= 15 is 0 Å². The van der Waals surface area contributed by atoms with Gasteiger partial charge in [-0.1, -0.05) is 6.92 Å². The van der Waals surface area contributed by atoms with Crippen LogP contribution >= 0.6 is 0 Å². The molecule has 5 heteroatoms. The standard InChI is InChI=1S/C15H24FNO3/c1-3-14(17)9-12-8-13(16)11-15(10-12)20-7-6-19-5-4-18-2/h8,10-11,14H,3-7,9,17H2,1-2H3. The lowest BCUT2D eigenvalue weighted by Gasteiger charge is -2.11. The highest BCUT2D eigenvalue weighted by Crippen LogP contribution is 2.18. The molecular formula is C15H24FNO3. The van der Waals surface area contributed by atoms with E-state index in [1.165, 1.54) is 12.1 Å². The fraction of sp³-hybridized carbons (Fsp3) is 0.600. The molecule has 1 atom stereocenters. The molecule has 0 aromatic heterocycles. The highest BCUT2D eigenvalue weighted by atomic mass is 19.1. The zero-order chi connectivity index (χ0) is 14.8. The number of halogens is 1. The third-order valence-corrected chi connectivity index (χ3v) is 2.88. The first-order valence-electron chi connectivity index (χ1n) is 6.90. The Balaban J connectivity index is 2.41. The summed E-state index contributed by atoms with van der Waals surface area (Å²) < 4.78 is 29.1. The Morgan fingerprint density at radius 2 is 1.90 bits per heavy atom. The summed E-state index contributed by atoms with van der Waals surface area (Å²) in [6.07, 6.45) is 1.51. The van der Waals surface area contributed by atoms with Gasteiger partial charge in [-0.05, 0) is 30.5 Å². The monoisotopic (exact) mass is 285 g/mol. The van der Waals surface area contributed by atoms with E-state index in [2.05, 4.69) is 0 Å². The Hall–Kier alpha value is -1.17. The molecule has 1 aromatic carbocycles. The van der Waals surface area contributed by atoms with Crippen molar-refractivity contribution in [1.29, 1.82) is 0 Å². The maximum absolute atomic E-state index is 13.5. The lowest BCUT2D eigenvalue weighted by Crippen LogP contribution is -2.21. The van der Waals surface area contributed by atoms with Gasteiger partial charge in [-0.15, -0.1) is 0 Å². The Labute approximate surface area is 120 Å². The number of rotatable bonds is 10. The van der Waals surface area contributed by atoms with Crippen molar-refractivity contribution in [2.24, 2.45) is 5.73 Å². The first-order chi connectivity index (χ1) is 9.65. The van der Waals surface area contributed by atoms with E-state index in [0.29, 0.717) is 38.6 Å².